The van der Waals surface area contributed by atoms with Gasteiger partial charge in [-0.1, -0.05) is 31.5 Å². The number of ether oxygens (including phenoxy) is 1. The Kier molecular flexibility index (Phi) is 4.29. The number of fused-ring (bicyclic) bond motifs is 3. The summed E-state index contributed by atoms with van der Waals surface area (Å²) in [5, 5.41) is 1.43. The molecule has 1 aliphatic carbocycles. The summed E-state index contributed by atoms with van der Waals surface area (Å²) in [6.45, 7) is 2.99. The summed E-state index contributed by atoms with van der Waals surface area (Å²) in [5.41, 5.74) is 5.64. The zero-order valence-corrected chi connectivity index (χ0v) is 14.4. The Morgan fingerprint density at radius 3 is 2.58 bits per heavy atom. The molecule has 0 radical (unpaired) electrons. The van der Waals surface area contributed by atoms with Gasteiger partial charge in [0.25, 0.3) is 0 Å². The standard InChI is InChI=1S/C22H25NO/c1-2-3-16-24-18-14-12-17(13-15-18)23-21-10-6-4-8-19(21)20-9-5-7-11-22(20)23/h4,6,8,10,12-15H,2-3,5,7,9,11,16H2,1H3. The maximum atomic E-state index is 5.81. The lowest BCUT2D eigenvalue weighted by Crippen LogP contribution is -2.07. The summed E-state index contributed by atoms with van der Waals surface area (Å²) < 4.78 is 8.27. The molecule has 24 heavy (non-hydrogen) atoms. The fourth-order valence-electron chi connectivity index (χ4n) is 3.82. The van der Waals surface area contributed by atoms with E-state index in [0.717, 1.165) is 18.8 Å². The number of nitrogens with zero attached hydrogens (tertiary/aromatic N) is 1. The number of benzene rings is 2. The normalized spacial score (nSPS) is 13.9. The lowest BCUT2D eigenvalue weighted by Gasteiger charge is -2.16. The van der Waals surface area contributed by atoms with Gasteiger partial charge in [0.15, 0.2) is 0 Å². The van der Waals surface area contributed by atoms with Crippen molar-refractivity contribution in [2.75, 3.05) is 6.61 Å². The molecule has 124 valence electrons. The van der Waals surface area contributed by atoms with Crippen LogP contribution in [0.2, 0.25) is 0 Å². The van der Waals surface area contributed by atoms with Crippen LogP contribution in [0.15, 0.2) is 48.5 Å². The zero-order chi connectivity index (χ0) is 16.4. The highest BCUT2D eigenvalue weighted by molar-refractivity contribution is 5.87. The van der Waals surface area contributed by atoms with Gasteiger partial charge in [-0.2, -0.15) is 0 Å². The van der Waals surface area contributed by atoms with Gasteiger partial charge in [0.2, 0.25) is 0 Å². The second-order valence-corrected chi connectivity index (χ2v) is 6.68. The second-order valence-electron chi connectivity index (χ2n) is 6.68. The topological polar surface area (TPSA) is 14.2 Å². The summed E-state index contributed by atoms with van der Waals surface area (Å²) in [7, 11) is 0. The quantitative estimate of drug-likeness (QED) is 0.551. The van der Waals surface area contributed by atoms with Gasteiger partial charge >= 0.3 is 0 Å². The van der Waals surface area contributed by atoms with Gasteiger partial charge in [0, 0.05) is 16.8 Å². The maximum absolute atomic E-state index is 5.81. The SMILES string of the molecule is CCCCOc1ccc(-n2c3c(c4ccccc42)CCCC3)cc1. The van der Waals surface area contributed by atoms with E-state index in [1.54, 1.807) is 5.56 Å². The van der Waals surface area contributed by atoms with Crippen LogP contribution in [-0.4, -0.2) is 11.2 Å². The zero-order valence-electron chi connectivity index (χ0n) is 14.4. The molecule has 3 aromatic rings. The molecule has 0 atom stereocenters. The van der Waals surface area contributed by atoms with Gasteiger partial charge in [0.05, 0.1) is 12.1 Å². The van der Waals surface area contributed by atoms with E-state index in [-0.39, 0.29) is 0 Å². The van der Waals surface area contributed by atoms with Gasteiger partial charge in [-0.25, -0.2) is 0 Å². The van der Waals surface area contributed by atoms with E-state index in [1.807, 2.05) is 0 Å². The molecule has 0 saturated carbocycles. The molecule has 4 rings (SSSR count). The van der Waals surface area contributed by atoms with Crippen molar-refractivity contribution in [1.29, 1.82) is 0 Å². The van der Waals surface area contributed by atoms with Gasteiger partial charge in [-0.3, -0.25) is 0 Å². The molecule has 0 bridgehead atoms. The van der Waals surface area contributed by atoms with E-state index >= 15 is 0 Å². The number of unbranched alkanes of at least 4 members (excludes halogenated alkanes) is 1. The van der Waals surface area contributed by atoms with Crippen molar-refractivity contribution < 1.29 is 4.74 Å². The summed E-state index contributed by atoms with van der Waals surface area (Å²) in [6.07, 6.45) is 7.27. The van der Waals surface area contributed by atoms with Crippen molar-refractivity contribution in [1.82, 2.24) is 4.57 Å². The van der Waals surface area contributed by atoms with Crippen LogP contribution in [-0.2, 0) is 12.8 Å². The molecule has 0 spiro atoms. The molecule has 0 N–H and O–H groups in total. The Bertz CT molecular complexity index is 829. The van der Waals surface area contributed by atoms with E-state index < -0.39 is 0 Å². The van der Waals surface area contributed by atoms with Crippen molar-refractivity contribution in [2.24, 2.45) is 0 Å². The van der Waals surface area contributed by atoms with Crippen LogP contribution in [0, 0.1) is 0 Å². The smallest absolute Gasteiger partial charge is 0.119 e. The Labute approximate surface area is 144 Å². The summed E-state index contributed by atoms with van der Waals surface area (Å²) in [6, 6.07) is 17.4. The lowest BCUT2D eigenvalue weighted by molar-refractivity contribution is 0.309. The molecule has 0 amide bonds. The molecule has 0 saturated heterocycles. The molecule has 1 aromatic heterocycles. The van der Waals surface area contributed by atoms with E-state index in [9.17, 15) is 0 Å². The van der Waals surface area contributed by atoms with Crippen LogP contribution >= 0.6 is 0 Å². The van der Waals surface area contributed by atoms with Crippen LogP contribution in [0.5, 0.6) is 5.75 Å². The molecular weight excluding hydrogens is 294 g/mol. The Morgan fingerprint density at radius 1 is 0.958 bits per heavy atom. The van der Waals surface area contributed by atoms with Crippen LogP contribution in [0.4, 0.5) is 0 Å². The molecule has 2 heteroatoms. The Morgan fingerprint density at radius 2 is 1.75 bits per heavy atom. The first-order valence-corrected chi connectivity index (χ1v) is 9.23. The van der Waals surface area contributed by atoms with E-state index in [1.165, 1.54) is 54.4 Å². The number of rotatable bonds is 5. The third-order valence-corrected chi connectivity index (χ3v) is 5.04. The minimum Gasteiger partial charge on any atom is -0.494 e. The first-order valence-electron chi connectivity index (χ1n) is 9.23. The second kappa shape index (κ2) is 6.72. The van der Waals surface area contributed by atoms with Gasteiger partial charge in [-0.15, -0.1) is 0 Å². The average molecular weight is 319 g/mol. The van der Waals surface area contributed by atoms with E-state index in [2.05, 4.69) is 60.0 Å². The highest BCUT2D eigenvalue weighted by Crippen LogP contribution is 2.34. The molecular formula is C22H25NO. The molecule has 2 aromatic carbocycles. The number of para-hydroxylation sites is 1. The molecule has 0 fully saturated rings. The predicted molar refractivity (Wildman–Crippen MR) is 100 cm³/mol. The summed E-state index contributed by atoms with van der Waals surface area (Å²) in [5.74, 6) is 0.970. The van der Waals surface area contributed by atoms with Crippen molar-refractivity contribution in [3.8, 4) is 11.4 Å². The van der Waals surface area contributed by atoms with Gasteiger partial charge in [-0.05, 0) is 68.0 Å². The van der Waals surface area contributed by atoms with Crippen LogP contribution in [0.25, 0.3) is 16.6 Å². The first-order chi connectivity index (χ1) is 11.9. The highest BCUT2D eigenvalue weighted by atomic mass is 16.5. The predicted octanol–water partition coefficient (Wildman–Crippen LogP) is 5.69. The minimum absolute atomic E-state index is 0.803. The molecule has 0 aliphatic heterocycles. The maximum Gasteiger partial charge on any atom is 0.119 e. The average Bonchev–Trinajstić information content (AvgIpc) is 2.97. The van der Waals surface area contributed by atoms with Crippen molar-refractivity contribution in [2.45, 2.75) is 45.4 Å². The van der Waals surface area contributed by atoms with Crippen LogP contribution in [0.1, 0.15) is 43.9 Å². The Balaban J connectivity index is 1.73. The third kappa shape index (κ3) is 2.71. The summed E-state index contributed by atoms with van der Waals surface area (Å²) >= 11 is 0. The van der Waals surface area contributed by atoms with Crippen molar-refractivity contribution in [3.05, 3.63) is 59.8 Å². The fourth-order valence-corrected chi connectivity index (χ4v) is 3.82. The number of hydrogen-bond donors (Lipinski definition) is 0. The monoisotopic (exact) mass is 319 g/mol. The van der Waals surface area contributed by atoms with Crippen molar-refractivity contribution >= 4 is 10.9 Å². The van der Waals surface area contributed by atoms with Crippen molar-refractivity contribution in [3.63, 3.8) is 0 Å². The number of hydrogen-bond acceptors (Lipinski definition) is 1. The van der Waals surface area contributed by atoms with E-state index in [4.69, 9.17) is 4.74 Å². The minimum atomic E-state index is 0.803. The number of aryl methyl sites for hydroxylation is 1. The highest BCUT2D eigenvalue weighted by Gasteiger charge is 2.20. The molecule has 1 aliphatic rings. The number of aromatic nitrogens is 1. The van der Waals surface area contributed by atoms with E-state index in [0.29, 0.717) is 0 Å². The Hall–Kier alpha value is -2.22. The fraction of sp³-hybridized carbons (Fsp3) is 0.364. The first kappa shape index (κ1) is 15.3. The van der Waals surface area contributed by atoms with Gasteiger partial charge in [0.1, 0.15) is 5.75 Å². The largest absolute Gasteiger partial charge is 0.494 e. The third-order valence-electron chi connectivity index (χ3n) is 5.04. The van der Waals surface area contributed by atoms with Crippen LogP contribution < -0.4 is 4.74 Å². The van der Waals surface area contributed by atoms with Crippen LogP contribution in [0.3, 0.4) is 0 Å². The molecule has 1 heterocycles. The molecule has 0 unspecified atom stereocenters. The summed E-state index contributed by atoms with van der Waals surface area (Å²) in [4.78, 5) is 0. The lowest BCUT2D eigenvalue weighted by atomic mass is 9.95. The molecule has 2 nitrogen and oxygen atoms in total. The van der Waals surface area contributed by atoms with Gasteiger partial charge < -0.3 is 9.30 Å².